The summed E-state index contributed by atoms with van der Waals surface area (Å²) in [7, 11) is 0. The van der Waals surface area contributed by atoms with Crippen molar-refractivity contribution in [2.45, 2.75) is 24.5 Å². The summed E-state index contributed by atoms with van der Waals surface area (Å²) >= 11 is 7.76. The number of carbonyl (C=O) groups is 1. The van der Waals surface area contributed by atoms with Gasteiger partial charge < -0.3 is 9.88 Å². The van der Waals surface area contributed by atoms with Gasteiger partial charge in [0.2, 0.25) is 5.91 Å². The van der Waals surface area contributed by atoms with Crippen LogP contribution in [0.2, 0.25) is 5.02 Å². The number of amides is 1. The van der Waals surface area contributed by atoms with E-state index >= 15 is 0 Å². The number of aromatic amines is 1. The van der Waals surface area contributed by atoms with Crippen LogP contribution in [0.5, 0.6) is 0 Å². The minimum absolute atomic E-state index is 0.222. The van der Waals surface area contributed by atoms with Crippen LogP contribution in [0.25, 0.3) is 0 Å². The lowest BCUT2D eigenvalue weighted by atomic mass is 9.96. The number of halogens is 1. The van der Waals surface area contributed by atoms with Crippen molar-refractivity contribution in [3.63, 3.8) is 0 Å². The maximum atomic E-state index is 12.3. The number of nitrogens with one attached hydrogen (secondary N) is 1. The van der Waals surface area contributed by atoms with Crippen LogP contribution in [0, 0.1) is 0 Å². The zero-order valence-corrected chi connectivity index (χ0v) is 14.4. The Kier molecular flexibility index (Phi) is 5.62. The lowest BCUT2D eigenvalue weighted by Crippen LogP contribution is -2.39. The van der Waals surface area contributed by atoms with Crippen LogP contribution in [-0.4, -0.2) is 39.6 Å². The third kappa shape index (κ3) is 4.30. The van der Waals surface area contributed by atoms with E-state index in [9.17, 15) is 4.79 Å². The quantitative estimate of drug-likeness (QED) is 0.895. The molecule has 0 bridgehead atoms. The highest BCUT2D eigenvalue weighted by atomic mass is 35.5. The Morgan fingerprint density at radius 1 is 1.35 bits per heavy atom. The van der Waals surface area contributed by atoms with Gasteiger partial charge in [-0.05, 0) is 24.5 Å². The van der Waals surface area contributed by atoms with Crippen LogP contribution < -0.4 is 0 Å². The largest absolute Gasteiger partial charge is 0.348 e. The summed E-state index contributed by atoms with van der Waals surface area (Å²) in [6.45, 7) is 1.63. The monoisotopic (exact) mass is 349 g/mol. The van der Waals surface area contributed by atoms with Crippen molar-refractivity contribution in [1.82, 2.24) is 14.9 Å². The first-order chi connectivity index (χ1) is 11.2. The maximum absolute atomic E-state index is 12.3. The average Bonchev–Trinajstić information content (AvgIpc) is 3.11. The van der Waals surface area contributed by atoms with E-state index in [1.807, 2.05) is 35.4 Å². The first kappa shape index (κ1) is 16.4. The van der Waals surface area contributed by atoms with Gasteiger partial charge in [0.05, 0.1) is 5.75 Å². The number of rotatable bonds is 5. The van der Waals surface area contributed by atoms with Crippen molar-refractivity contribution < 1.29 is 4.79 Å². The van der Waals surface area contributed by atoms with Gasteiger partial charge in [0.15, 0.2) is 0 Å². The summed E-state index contributed by atoms with van der Waals surface area (Å²) in [6.07, 6.45) is 5.61. The Morgan fingerprint density at radius 3 is 2.83 bits per heavy atom. The highest BCUT2D eigenvalue weighted by molar-refractivity contribution is 7.99. The number of imidazole rings is 1. The van der Waals surface area contributed by atoms with Crippen molar-refractivity contribution in [2.75, 3.05) is 18.8 Å². The molecule has 6 heteroatoms. The van der Waals surface area contributed by atoms with E-state index in [0.29, 0.717) is 11.7 Å². The highest BCUT2D eigenvalue weighted by Crippen LogP contribution is 2.26. The van der Waals surface area contributed by atoms with Gasteiger partial charge in [0.1, 0.15) is 5.82 Å². The number of benzene rings is 1. The molecular formula is C17H20ClN3OS. The summed E-state index contributed by atoms with van der Waals surface area (Å²) in [6, 6.07) is 7.79. The molecule has 1 saturated heterocycles. The molecule has 2 heterocycles. The molecule has 1 aromatic carbocycles. The topological polar surface area (TPSA) is 49.0 Å². The van der Waals surface area contributed by atoms with Gasteiger partial charge >= 0.3 is 0 Å². The van der Waals surface area contributed by atoms with Crippen LogP contribution in [-0.2, 0) is 10.5 Å². The van der Waals surface area contributed by atoms with E-state index in [1.165, 1.54) is 0 Å². The van der Waals surface area contributed by atoms with E-state index in [2.05, 4.69) is 9.97 Å². The van der Waals surface area contributed by atoms with Gasteiger partial charge in [0.25, 0.3) is 0 Å². The van der Waals surface area contributed by atoms with Gasteiger partial charge in [-0.15, -0.1) is 11.8 Å². The summed E-state index contributed by atoms with van der Waals surface area (Å²) < 4.78 is 0. The van der Waals surface area contributed by atoms with Crippen LogP contribution >= 0.6 is 23.4 Å². The highest BCUT2D eigenvalue weighted by Gasteiger charge is 2.24. The summed E-state index contributed by atoms with van der Waals surface area (Å²) in [4.78, 5) is 21.8. The first-order valence-electron chi connectivity index (χ1n) is 7.82. The predicted octanol–water partition coefficient (Wildman–Crippen LogP) is 3.70. The molecule has 2 aromatic rings. The van der Waals surface area contributed by atoms with Crippen molar-refractivity contribution in [2.24, 2.45) is 0 Å². The number of carbonyl (C=O) groups excluding carboxylic acids is 1. The standard InChI is InChI=1S/C17H20ClN3OS/c18-15-4-2-1-3-14(15)11-23-12-16(22)21-9-5-13(6-10-21)17-19-7-8-20-17/h1-4,7-8,13H,5-6,9-12H2,(H,19,20). The Morgan fingerprint density at radius 2 is 2.13 bits per heavy atom. The zero-order chi connectivity index (χ0) is 16.1. The van der Waals surface area contributed by atoms with E-state index in [-0.39, 0.29) is 5.91 Å². The molecule has 0 radical (unpaired) electrons. The molecule has 0 unspecified atom stereocenters. The fourth-order valence-electron chi connectivity index (χ4n) is 2.86. The van der Waals surface area contributed by atoms with Crippen LogP contribution in [0.4, 0.5) is 0 Å². The molecule has 23 heavy (non-hydrogen) atoms. The van der Waals surface area contributed by atoms with Gasteiger partial charge in [0, 0.05) is 42.2 Å². The number of likely N-dealkylation sites (tertiary alicyclic amines) is 1. The van der Waals surface area contributed by atoms with E-state index in [0.717, 1.165) is 48.1 Å². The van der Waals surface area contributed by atoms with Crippen molar-refractivity contribution in [3.8, 4) is 0 Å². The number of thioether (sulfide) groups is 1. The molecule has 1 amide bonds. The van der Waals surface area contributed by atoms with Crippen molar-refractivity contribution in [1.29, 1.82) is 0 Å². The third-order valence-electron chi connectivity index (χ3n) is 4.19. The molecule has 1 aliphatic rings. The summed E-state index contributed by atoms with van der Waals surface area (Å²) in [5, 5.41) is 0.770. The predicted molar refractivity (Wildman–Crippen MR) is 94.8 cm³/mol. The summed E-state index contributed by atoms with van der Waals surface area (Å²) in [5.41, 5.74) is 1.09. The number of hydrogen-bond donors (Lipinski definition) is 1. The molecule has 1 fully saturated rings. The maximum Gasteiger partial charge on any atom is 0.232 e. The number of hydrogen-bond acceptors (Lipinski definition) is 3. The van der Waals surface area contributed by atoms with Crippen LogP contribution in [0.1, 0.15) is 30.1 Å². The van der Waals surface area contributed by atoms with E-state index in [1.54, 1.807) is 18.0 Å². The molecular weight excluding hydrogens is 330 g/mol. The van der Waals surface area contributed by atoms with Crippen molar-refractivity contribution >= 4 is 29.3 Å². The molecule has 122 valence electrons. The minimum Gasteiger partial charge on any atom is -0.348 e. The lowest BCUT2D eigenvalue weighted by Gasteiger charge is -2.31. The number of piperidine rings is 1. The van der Waals surface area contributed by atoms with Gasteiger partial charge in [-0.3, -0.25) is 4.79 Å². The normalized spacial score (nSPS) is 15.8. The zero-order valence-electron chi connectivity index (χ0n) is 12.9. The molecule has 1 aromatic heterocycles. The van der Waals surface area contributed by atoms with Crippen molar-refractivity contribution in [3.05, 3.63) is 53.1 Å². The van der Waals surface area contributed by atoms with E-state index < -0.39 is 0 Å². The molecule has 0 spiro atoms. The molecule has 1 aliphatic heterocycles. The molecule has 0 aliphatic carbocycles. The SMILES string of the molecule is O=C(CSCc1ccccc1Cl)N1CCC(c2ncc[nH]2)CC1. The second kappa shape index (κ2) is 7.88. The molecule has 4 nitrogen and oxygen atoms in total. The smallest absolute Gasteiger partial charge is 0.232 e. The molecule has 0 saturated carbocycles. The molecule has 1 N–H and O–H groups in total. The van der Waals surface area contributed by atoms with Crippen LogP contribution in [0.3, 0.4) is 0 Å². The van der Waals surface area contributed by atoms with Gasteiger partial charge in [-0.25, -0.2) is 4.98 Å². The number of aromatic nitrogens is 2. The molecule has 3 rings (SSSR count). The average molecular weight is 350 g/mol. The number of H-pyrrole nitrogens is 1. The fourth-order valence-corrected chi connectivity index (χ4v) is 4.07. The number of nitrogens with zero attached hydrogens (tertiary/aromatic N) is 2. The van der Waals surface area contributed by atoms with Gasteiger partial charge in [-0.1, -0.05) is 29.8 Å². The van der Waals surface area contributed by atoms with Gasteiger partial charge in [-0.2, -0.15) is 0 Å². The lowest BCUT2D eigenvalue weighted by molar-refractivity contribution is -0.129. The Bertz CT molecular complexity index is 639. The second-order valence-corrected chi connectivity index (χ2v) is 7.11. The summed E-state index contributed by atoms with van der Waals surface area (Å²) in [5.74, 6) is 3.00. The second-order valence-electron chi connectivity index (χ2n) is 5.71. The van der Waals surface area contributed by atoms with E-state index in [4.69, 9.17) is 11.6 Å². The first-order valence-corrected chi connectivity index (χ1v) is 9.35. The molecule has 0 atom stereocenters. The third-order valence-corrected chi connectivity index (χ3v) is 5.53. The minimum atomic E-state index is 0.222. The Hall–Kier alpha value is -1.46. The Labute approximate surface area is 145 Å². The van der Waals surface area contributed by atoms with Crippen LogP contribution in [0.15, 0.2) is 36.7 Å². The Balaban J connectivity index is 1.42. The fraction of sp³-hybridized carbons (Fsp3) is 0.412.